The largest absolute Gasteiger partial charge is 0.495 e. The van der Waals surface area contributed by atoms with Crippen LogP contribution in [0.25, 0.3) is 0 Å². The van der Waals surface area contributed by atoms with E-state index in [4.69, 9.17) is 10.5 Å². The highest BCUT2D eigenvalue weighted by Crippen LogP contribution is 2.24. The van der Waals surface area contributed by atoms with E-state index in [0.717, 1.165) is 17.9 Å². The predicted molar refractivity (Wildman–Crippen MR) is 92.1 cm³/mol. The first kappa shape index (κ1) is 17.8. The quantitative estimate of drug-likeness (QED) is 0.555. The standard InChI is InChI=1S/C18H32N2O/c1-3-4-5-6-7-8-9-12-16(15-19)20-17-13-10-11-14-18(17)21-2/h10-11,13-14,16,20H,3-9,12,15,19H2,1-2H3. The van der Waals surface area contributed by atoms with Crippen LogP contribution >= 0.6 is 0 Å². The molecule has 1 rings (SSSR count). The van der Waals surface area contributed by atoms with Gasteiger partial charge in [-0.3, -0.25) is 0 Å². The Hall–Kier alpha value is -1.22. The van der Waals surface area contributed by atoms with Crippen LogP contribution in [0.2, 0.25) is 0 Å². The maximum absolute atomic E-state index is 5.89. The fraction of sp³-hybridized carbons (Fsp3) is 0.667. The van der Waals surface area contributed by atoms with Crippen molar-refractivity contribution in [2.24, 2.45) is 5.73 Å². The number of rotatable bonds is 12. The van der Waals surface area contributed by atoms with Gasteiger partial charge in [0, 0.05) is 12.6 Å². The van der Waals surface area contributed by atoms with Crippen LogP contribution in [-0.2, 0) is 0 Å². The highest BCUT2D eigenvalue weighted by atomic mass is 16.5. The number of ether oxygens (including phenoxy) is 1. The summed E-state index contributed by atoms with van der Waals surface area (Å²) in [5.41, 5.74) is 6.93. The predicted octanol–water partition coefficient (Wildman–Crippen LogP) is 4.58. The number of unbranched alkanes of at least 4 members (excludes halogenated alkanes) is 6. The van der Waals surface area contributed by atoms with E-state index in [0.29, 0.717) is 12.6 Å². The lowest BCUT2D eigenvalue weighted by Gasteiger charge is -2.19. The highest BCUT2D eigenvalue weighted by molar-refractivity contribution is 5.56. The Morgan fingerprint density at radius 2 is 1.71 bits per heavy atom. The second kappa shape index (κ2) is 11.4. The van der Waals surface area contributed by atoms with Gasteiger partial charge in [-0.25, -0.2) is 0 Å². The third kappa shape index (κ3) is 7.37. The summed E-state index contributed by atoms with van der Waals surface area (Å²) in [6.07, 6.45) is 10.5. The van der Waals surface area contributed by atoms with Gasteiger partial charge in [-0.15, -0.1) is 0 Å². The maximum Gasteiger partial charge on any atom is 0.141 e. The summed E-state index contributed by atoms with van der Waals surface area (Å²) in [6.45, 7) is 2.92. The molecule has 0 saturated carbocycles. The van der Waals surface area contributed by atoms with Crippen molar-refractivity contribution in [2.75, 3.05) is 19.0 Å². The molecule has 0 radical (unpaired) electrons. The number of methoxy groups -OCH3 is 1. The Balaban J connectivity index is 2.25. The average molecular weight is 292 g/mol. The first-order valence-corrected chi connectivity index (χ1v) is 8.41. The summed E-state index contributed by atoms with van der Waals surface area (Å²) in [6, 6.07) is 8.36. The third-order valence-corrected chi connectivity index (χ3v) is 3.91. The summed E-state index contributed by atoms with van der Waals surface area (Å²) in [5, 5.41) is 3.51. The first-order chi connectivity index (χ1) is 10.3. The molecule has 0 saturated heterocycles. The summed E-state index contributed by atoms with van der Waals surface area (Å²) in [5.74, 6) is 0.885. The normalized spacial score (nSPS) is 12.1. The van der Waals surface area contributed by atoms with Crippen LogP contribution < -0.4 is 15.8 Å². The van der Waals surface area contributed by atoms with Crippen LogP contribution in [0.1, 0.15) is 58.3 Å². The van der Waals surface area contributed by atoms with Crippen molar-refractivity contribution in [1.29, 1.82) is 0 Å². The second-order valence-corrected chi connectivity index (χ2v) is 5.69. The van der Waals surface area contributed by atoms with Gasteiger partial charge >= 0.3 is 0 Å². The van der Waals surface area contributed by atoms with Gasteiger partial charge in [0.15, 0.2) is 0 Å². The Labute approximate surface area is 130 Å². The fourth-order valence-electron chi connectivity index (χ4n) is 2.58. The van der Waals surface area contributed by atoms with Gasteiger partial charge in [0.2, 0.25) is 0 Å². The van der Waals surface area contributed by atoms with Crippen molar-refractivity contribution in [3.05, 3.63) is 24.3 Å². The van der Waals surface area contributed by atoms with Gasteiger partial charge < -0.3 is 15.8 Å². The Morgan fingerprint density at radius 3 is 2.38 bits per heavy atom. The Morgan fingerprint density at radius 1 is 1.05 bits per heavy atom. The second-order valence-electron chi connectivity index (χ2n) is 5.69. The van der Waals surface area contributed by atoms with Crippen LogP contribution in [0.3, 0.4) is 0 Å². The van der Waals surface area contributed by atoms with Crippen molar-refractivity contribution in [2.45, 2.75) is 64.3 Å². The van der Waals surface area contributed by atoms with Gasteiger partial charge in [-0.2, -0.15) is 0 Å². The molecule has 0 aliphatic carbocycles. The number of benzene rings is 1. The lowest BCUT2D eigenvalue weighted by atomic mass is 10.0. The molecule has 0 aliphatic rings. The molecule has 1 unspecified atom stereocenters. The zero-order chi connectivity index (χ0) is 15.3. The lowest BCUT2D eigenvalue weighted by molar-refractivity contribution is 0.415. The van der Waals surface area contributed by atoms with Crippen LogP contribution in [0, 0.1) is 0 Å². The van der Waals surface area contributed by atoms with Crippen LogP contribution in [0.5, 0.6) is 5.75 Å². The first-order valence-electron chi connectivity index (χ1n) is 8.41. The van der Waals surface area contributed by atoms with Crippen LogP contribution in [-0.4, -0.2) is 19.7 Å². The Kier molecular flexibility index (Phi) is 9.71. The molecule has 21 heavy (non-hydrogen) atoms. The van der Waals surface area contributed by atoms with Crippen LogP contribution in [0.4, 0.5) is 5.69 Å². The van der Waals surface area contributed by atoms with E-state index in [1.165, 1.54) is 44.9 Å². The number of anilines is 1. The molecule has 0 aromatic heterocycles. The minimum Gasteiger partial charge on any atom is -0.495 e. The number of para-hydroxylation sites is 2. The molecule has 0 heterocycles. The molecule has 3 heteroatoms. The van der Waals surface area contributed by atoms with E-state index >= 15 is 0 Å². The number of nitrogens with two attached hydrogens (primary N) is 1. The van der Waals surface area contributed by atoms with Crippen molar-refractivity contribution in [3.8, 4) is 5.75 Å². The van der Waals surface area contributed by atoms with Crippen LogP contribution in [0.15, 0.2) is 24.3 Å². The van der Waals surface area contributed by atoms with E-state index in [-0.39, 0.29) is 0 Å². The molecule has 0 aliphatic heterocycles. The molecule has 0 spiro atoms. The third-order valence-electron chi connectivity index (χ3n) is 3.91. The molecule has 3 N–H and O–H groups in total. The highest BCUT2D eigenvalue weighted by Gasteiger charge is 2.09. The van der Waals surface area contributed by atoms with Gasteiger partial charge in [0.05, 0.1) is 12.8 Å². The number of hydrogen-bond acceptors (Lipinski definition) is 3. The average Bonchev–Trinajstić information content (AvgIpc) is 2.53. The summed E-state index contributed by atoms with van der Waals surface area (Å²) in [4.78, 5) is 0. The summed E-state index contributed by atoms with van der Waals surface area (Å²) < 4.78 is 5.37. The topological polar surface area (TPSA) is 47.3 Å². The van der Waals surface area contributed by atoms with E-state index in [2.05, 4.69) is 12.2 Å². The lowest BCUT2D eigenvalue weighted by Crippen LogP contribution is -2.28. The Bertz CT molecular complexity index is 368. The zero-order valence-corrected chi connectivity index (χ0v) is 13.7. The van der Waals surface area contributed by atoms with E-state index in [1.807, 2.05) is 24.3 Å². The molecule has 1 aromatic carbocycles. The van der Waals surface area contributed by atoms with Crippen molar-refractivity contribution in [3.63, 3.8) is 0 Å². The fourth-order valence-corrected chi connectivity index (χ4v) is 2.58. The molecule has 0 amide bonds. The smallest absolute Gasteiger partial charge is 0.141 e. The van der Waals surface area contributed by atoms with Gasteiger partial charge in [-0.05, 0) is 18.6 Å². The maximum atomic E-state index is 5.89. The molecule has 1 atom stereocenters. The monoisotopic (exact) mass is 292 g/mol. The molecule has 3 nitrogen and oxygen atoms in total. The van der Waals surface area contributed by atoms with Crippen molar-refractivity contribution in [1.82, 2.24) is 0 Å². The minimum atomic E-state index is 0.331. The molecular formula is C18H32N2O. The van der Waals surface area contributed by atoms with E-state index in [1.54, 1.807) is 7.11 Å². The molecule has 0 bridgehead atoms. The molecule has 1 aromatic rings. The molecule has 120 valence electrons. The van der Waals surface area contributed by atoms with E-state index in [9.17, 15) is 0 Å². The van der Waals surface area contributed by atoms with Gasteiger partial charge in [0.1, 0.15) is 5.75 Å². The summed E-state index contributed by atoms with van der Waals surface area (Å²) in [7, 11) is 1.70. The van der Waals surface area contributed by atoms with Gasteiger partial charge in [-0.1, -0.05) is 64.0 Å². The number of nitrogens with one attached hydrogen (secondary N) is 1. The summed E-state index contributed by atoms with van der Waals surface area (Å²) >= 11 is 0. The van der Waals surface area contributed by atoms with Gasteiger partial charge in [0.25, 0.3) is 0 Å². The van der Waals surface area contributed by atoms with E-state index < -0.39 is 0 Å². The van der Waals surface area contributed by atoms with Crippen molar-refractivity contribution >= 4 is 5.69 Å². The SMILES string of the molecule is CCCCCCCCCC(CN)Nc1ccccc1OC. The zero-order valence-electron chi connectivity index (χ0n) is 13.7. The molecular weight excluding hydrogens is 260 g/mol. The number of hydrogen-bond donors (Lipinski definition) is 2. The molecule has 0 fully saturated rings. The van der Waals surface area contributed by atoms with Crippen molar-refractivity contribution < 1.29 is 4.74 Å². The minimum absolute atomic E-state index is 0.331.